The second-order valence-electron chi connectivity index (χ2n) is 6.72. The summed E-state index contributed by atoms with van der Waals surface area (Å²) in [6, 6.07) is 17.4. The second-order valence-corrected chi connectivity index (χ2v) is 8.03. The quantitative estimate of drug-likeness (QED) is 0.606. The van der Waals surface area contributed by atoms with Crippen LogP contribution in [0.5, 0.6) is 5.75 Å². The third kappa shape index (κ3) is 4.04. The highest BCUT2D eigenvalue weighted by atomic mass is 32.2. The van der Waals surface area contributed by atoms with E-state index >= 15 is 0 Å². The number of nitrogens with one attached hydrogen (secondary N) is 1. The number of hydrogen-bond donors (Lipinski definition) is 1. The summed E-state index contributed by atoms with van der Waals surface area (Å²) < 4.78 is 7.20. The summed E-state index contributed by atoms with van der Waals surface area (Å²) in [7, 11) is 1.59. The largest absolute Gasteiger partial charge is 0.495 e. The topological polar surface area (TPSA) is 69.0 Å². The molecular formula is C21H22N4O2S. The van der Waals surface area contributed by atoms with Crippen LogP contribution >= 0.6 is 11.8 Å². The number of benzene rings is 2. The Morgan fingerprint density at radius 1 is 1.18 bits per heavy atom. The van der Waals surface area contributed by atoms with Gasteiger partial charge >= 0.3 is 0 Å². The van der Waals surface area contributed by atoms with Gasteiger partial charge in [0.2, 0.25) is 11.1 Å². The number of aromatic nitrogens is 3. The van der Waals surface area contributed by atoms with Gasteiger partial charge in [0.1, 0.15) is 11.6 Å². The zero-order chi connectivity index (χ0) is 19.5. The third-order valence-electron chi connectivity index (χ3n) is 4.57. The highest BCUT2D eigenvalue weighted by Crippen LogP contribution is 2.40. The first-order valence-corrected chi connectivity index (χ1v) is 10.2. The van der Waals surface area contributed by atoms with Crippen molar-refractivity contribution in [2.75, 3.05) is 12.4 Å². The Morgan fingerprint density at radius 3 is 2.61 bits per heavy atom. The molecule has 7 heteroatoms. The van der Waals surface area contributed by atoms with E-state index in [4.69, 9.17) is 9.72 Å². The fourth-order valence-corrected chi connectivity index (χ4v) is 3.67. The van der Waals surface area contributed by atoms with Crippen LogP contribution in [0, 0.1) is 0 Å². The molecule has 0 bridgehead atoms. The normalized spacial score (nSPS) is 14.5. The predicted octanol–water partition coefficient (Wildman–Crippen LogP) is 4.27. The Morgan fingerprint density at radius 2 is 1.89 bits per heavy atom. The Labute approximate surface area is 168 Å². The number of anilines is 1. The van der Waals surface area contributed by atoms with Crippen molar-refractivity contribution in [3.63, 3.8) is 0 Å². The van der Waals surface area contributed by atoms with E-state index in [0.717, 1.165) is 24.4 Å². The summed E-state index contributed by atoms with van der Waals surface area (Å²) in [6.45, 7) is 1.86. The van der Waals surface area contributed by atoms with Gasteiger partial charge in [0.25, 0.3) is 0 Å². The van der Waals surface area contributed by atoms with Crippen molar-refractivity contribution >= 4 is 23.4 Å². The molecule has 1 aliphatic rings. The lowest BCUT2D eigenvalue weighted by Crippen LogP contribution is -2.22. The van der Waals surface area contributed by atoms with E-state index in [1.165, 1.54) is 11.8 Å². The summed E-state index contributed by atoms with van der Waals surface area (Å²) in [5.74, 6) is 1.96. The smallest absolute Gasteiger partial charge is 0.237 e. The lowest BCUT2D eigenvalue weighted by Gasteiger charge is -2.12. The fourth-order valence-electron chi connectivity index (χ4n) is 2.91. The van der Waals surface area contributed by atoms with Crippen molar-refractivity contribution in [1.82, 2.24) is 14.8 Å². The molecule has 1 N–H and O–H groups in total. The second kappa shape index (κ2) is 8.06. The molecule has 1 aliphatic carbocycles. The number of nitrogens with zero attached hydrogens (tertiary/aromatic N) is 3. The van der Waals surface area contributed by atoms with Crippen molar-refractivity contribution in [1.29, 1.82) is 0 Å². The zero-order valence-corrected chi connectivity index (χ0v) is 16.6. The molecule has 1 heterocycles. The van der Waals surface area contributed by atoms with Gasteiger partial charge in [-0.1, -0.05) is 42.1 Å². The average molecular weight is 395 g/mol. The number of amides is 1. The first kappa shape index (κ1) is 18.6. The van der Waals surface area contributed by atoms with Gasteiger partial charge in [0.05, 0.1) is 23.7 Å². The molecule has 0 saturated heterocycles. The van der Waals surface area contributed by atoms with E-state index in [9.17, 15) is 4.79 Å². The maximum atomic E-state index is 12.6. The van der Waals surface area contributed by atoms with Crippen molar-refractivity contribution in [3.05, 3.63) is 60.4 Å². The van der Waals surface area contributed by atoms with Crippen LogP contribution in [-0.2, 0) is 4.79 Å². The first-order valence-electron chi connectivity index (χ1n) is 9.28. The van der Waals surface area contributed by atoms with Crippen LogP contribution in [0.4, 0.5) is 5.69 Å². The van der Waals surface area contributed by atoms with Crippen LogP contribution in [0.15, 0.2) is 59.8 Å². The summed E-state index contributed by atoms with van der Waals surface area (Å²) in [5, 5.41) is 7.87. The summed E-state index contributed by atoms with van der Waals surface area (Å²) >= 11 is 1.36. The monoisotopic (exact) mass is 394 g/mol. The van der Waals surface area contributed by atoms with Crippen LogP contribution in [0.3, 0.4) is 0 Å². The molecule has 3 aromatic rings. The molecule has 1 atom stereocenters. The highest BCUT2D eigenvalue weighted by molar-refractivity contribution is 8.00. The fraction of sp³-hybridized carbons (Fsp3) is 0.286. The van der Waals surface area contributed by atoms with Gasteiger partial charge in [-0.25, -0.2) is 9.67 Å². The van der Waals surface area contributed by atoms with Gasteiger partial charge in [0, 0.05) is 5.92 Å². The van der Waals surface area contributed by atoms with Crippen molar-refractivity contribution in [2.45, 2.75) is 36.1 Å². The minimum Gasteiger partial charge on any atom is -0.495 e. The number of carbonyl (C=O) groups is 1. The van der Waals surface area contributed by atoms with Crippen LogP contribution in [0.25, 0.3) is 5.69 Å². The minimum atomic E-state index is -0.344. The molecule has 144 valence electrons. The average Bonchev–Trinajstić information content (AvgIpc) is 3.49. The molecule has 1 amide bonds. The Bertz CT molecular complexity index is 970. The number of methoxy groups -OCH3 is 1. The molecule has 1 fully saturated rings. The van der Waals surface area contributed by atoms with Crippen molar-refractivity contribution < 1.29 is 9.53 Å². The Balaban J connectivity index is 1.50. The highest BCUT2D eigenvalue weighted by Gasteiger charge is 2.31. The number of ether oxygens (including phenoxy) is 1. The van der Waals surface area contributed by atoms with Crippen molar-refractivity contribution in [2.24, 2.45) is 0 Å². The zero-order valence-electron chi connectivity index (χ0n) is 15.8. The van der Waals surface area contributed by atoms with E-state index in [1.54, 1.807) is 7.11 Å². The van der Waals surface area contributed by atoms with Crippen LogP contribution in [-0.4, -0.2) is 33.0 Å². The van der Waals surface area contributed by atoms with Gasteiger partial charge in [-0.3, -0.25) is 4.79 Å². The SMILES string of the molecule is COc1ccccc1NC(=O)[C@@H](C)Sc1nc(C2CC2)n(-c2ccccc2)n1. The maximum Gasteiger partial charge on any atom is 0.237 e. The molecule has 1 saturated carbocycles. The summed E-state index contributed by atoms with van der Waals surface area (Å²) in [5.41, 5.74) is 1.65. The van der Waals surface area contributed by atoms with E-state index in [0.29, 0.717) is 22.5 Å². The lowest BCUT2D eigenvalue weighted by molar-refractivity contribution is -0.115. The number of carbonyl (C=O) groups excluding carboxylic acids is 1. The molecule has 0 radical (unpaired) electrons. The van der Waals surface area contributed by atoms with Crippen LogP contribution in [0.2, 0.25) is 0 Å². The first-order chi connectivity index (χ1) is 13.7. The number of rotatable bonds is 7. The molecule has 6 nitrogen and oxygen atoms in total. The Hall–Kier alpha value is -2.80. The Kier molecular flexibility index (Phi) is 5.34. The van der Waals surface area contributed by atoms with Gasteiger partial charge in [-0.15, -0.1) is 5.10 Å². The molecular weight excluding hydrogens is 372 g/mol. The minimum absolute atomic E-state index is 0.112. The van der Waals surface area contributed by atoms with Gasteiger partial charge in [-0.05, 0) is 44.0 Å². The van der Waals surface area contributed by atoms with Crippen LogP contribution in [0.1, 0.15) is 31.5 Å². The third-order valence-corrected chi connectivity index (χ3v) is 5.52. The molecule has 28 heavy (non-hydrogen) atoms. The van der Waals surface area contributed by atoms with Gasteiger partial charge in [-0.2, -0.15) is 0 Å². The molecule has 4 rings (SSSR count). The predicted molar refractivity (Wildman–Crippen MR) is 110 cm³/mol. The molecule has 2 aromatic carbocycles. The molecule has 0 spiro atoms. The van der Waals surface area contributed by atoms with Crippen LogP contribution < -0.4 is 10.1 Å². The summed E-state index contributed by atoms with van der Waals surface area (Å²) in [6.07, 6.45) is 2.28. The van der Waals surface area contributed by atoms with Gasteiger partial charge < -0.3 is 10.1 Å². The van der Waals surface area contributed by atoms with Crippen molar-refractivity contribution in [3.8, 4) is 11.4 Å². The summed E-state index contributed by atoms with van der Waals surface area (Å²) in [4.78, 5) is 17.4. The maximum absolute atomic E-state index is 12.6. The number of thioether (sulfide) groups is 1. The van der Waals surface area contributed by atoms with E-state index in [-0.39, 0.29) is 11.2 Å². The molecule has 1 aromatic heterocycles. The lowest BCUT2D eigenvalue weighted by atomic mass is 10.3. The van der Waals surface area contributed by atoms with E-state index in [1.807, 2.05) is 66.2 Å². The molecule has 0 unspecified atom stereocenters. The molecule has 0 aliphatic heterocycles. The standard InChI is InChI=1S/C21H22N4O2S/c1-14(20(26)22-17-10-6-7-11-18(17)27-2)28-21-23-19(15-12-13-15)25(24-21)16-8-4-3-5-9-16/h3-11,14-15H,12-13H2,1-2H3,(H,22,26)/t14-/m1/s1. The van der Waals surface area contributed by atoms with E-state index < -0.39 is 0 Å². The number of para-hydroxylation sites is 3. The number of hydrogen-bond acceptors (Lipinski definition) is 5. The van der Waals surface area contributed by atoms with Gasteiger partial charge in [0.15, 0.2) is 0 Å². The van der Waals surface area contributed by atoms with E-state index in [2.05, 4.69) is 10.4 Å².